The predicted molar refractivity (Wildman–Crippen MR) is 75.5 cm³/mol. The highest BCUT2D eigenvalue weighted by Crippen LogP contribution is 2.18. The Morgan fingerprint density at radius 2 is 2.00 bits per heavy atom. The number of aromatic nitrogens is 5. The van der Waals surface area contributed by atoms with Crippen LogP contribution >= 0.6 is 0 Å². The van der Waals surface area contributed by atoms with E-state index in [1.54, 1.807) is 22.9 Å². The lowest BCUT2D eigenvalue weighted by Crippen LogP contribution is -1.89. The number of fused-ring (bicyclic) bond motifs is 1. The van der Waals surface area contributed by atoms with Crippen molar-refractivity contribution in [2.24, 2.45) is 0 Å². The first-order valence-electron chi connectivity index (χ1n) is 6.65. The summed E-state index contributed by atoms with van der Waals surface area (Å²) in [4.78, 5) is 4.36. The van der Waals surface area contributed by atoms with Gasteiger partial charge in [0.2, 0.25) is 11.7 Å². The fourth-order valence-electron chi connectivity index (χ4n) is 2.18. The summed E-state index contributed by atoms with van der Waals surface area (Å²) in [6, 6.07) is 9.91. The van der Waals surface area contributed by atoms with Gasteiger partial charge in [-0.2, -0.15) is 4.98 Å². The Hall–Kier alpha value is -3.09. The lowest BCUT2D eigenvalue weighted by atomic mass is 10.1. The number of benzene rings is 1. The van der Waals surface area contributed by atoms with Gasteiger partial charge in [-0.15, -0.1) is 10.2 Å². The van der Waals surface area contributed by atoms with Crippen LogP contribution in [-0.2, 0) is 6.42 Å². The standard InChI is InChI=1S/C15H10FN5O/c16-12-3-1-10(2-4-12)7-14-18-15(20-22-14)11-5-6-21-9-17-19-13(21)8-11/h1-6,8-9H,7H2. The van der Waals surface area contributed by atoms with Crippen molar-refractivity contribution < 1.29 is 8.91 Å². The molecule has 0 atom stereocenters. The van der Waals surface area contributed by atoms with Crippen molar-refractivity contribution in [1.29, 1.82) is 0 Å². The molecular formula is C15H10FN5O. The van der Waals surface area contributed by atoms with Gasteiger partial charge in [0.05, 0.1) is 6.42 Å². The molecule has 0 aliphatic rings. The third-order valence-electron chi connectivity index (χ3n) is 3.29. The normalized spacial score (nSPS) is 11.1. The van der Waals surface area contributed by atoms with Crippen LogP contribution in [0, 0.1) is 5.82 Å². The highest BCUT2D eigenvalue weighted by Gasteiger charge is 2.10. The van der Waals surface area contributed by atoms with Crippen LogP contribution in [0.15, 0.2) is 53.4 Å². The smallest absolute Gasteiger partial charge is 0.231 e. The monoisotopic (exact) mass is 295 g/mol. The summed E-state index contributed by atoms with van der Waals surface area (Å²) in [7, 11) is 0. The van der Waals surface area contributed by atoms with Gasteiger partial charge >= 0.3 is 0 Å². The molecule has 0 saturated carbocycles. The fraction of sp³-hybridized carbons (Fsp3) is 0.0667. The molecule has 0 saturated heterocycles. The molecule has 0 aliphatic carbocycles. The zero-order valence-corrected chi connectivity index (χ0v) is 11.3. The Morgan fingerprint density at radius 1 is 1.14 bits per heavy atom. The molecule has 4 aromatic rings. The Balaban J connectivity index is 1.61. The van der Waals surface area contributed by atoms with E-state index in [-0.39, 0.29) is 5.82 Å². The maximum atomic E-state index is 12.9. The third kappa shape index (κ3) is 2.32. The van der Waals surface area contributed by atoms with Crippen LogP contribution in [0.5, 0.6) is 0 Å². The first kappa shape index (κ1) is 12.6. The lowest BCUT2D eigenvalue weighted by Gasteiger charge is -1.96. The highest BCUT2D eigenvalue weighted by atomic mass is 19.1. The molecule has 0 aliphatic heterocycles. The van der Waals surface area contributed by atoms with E-state index in [0.717, 1.165) is 11.1 Å². The lowest BCUT2D eigenvalue weighted by molar-refractivity contribution is 0.385. The summed E-state index contributed by atoms with van der Waals surface area (Å²) >= 11 is 0. The second-order valence-corrected chi connectivity index (χ2v) is 4.83. The van der Waals surface area contributed by atoms with E-state index >= 15 is 0 Å². The molecule has 0 bridgehead atoms. The molecule has 3 heterocycles. The van der Waals surface area contributed by atoms with Crippen LogP contribution in [0.25, 0.3) is 17.0 Å². The first-order valence-corrected chi connectivity index (χ1v) is 6.65. The van der Waals surface area contributed by atoms with Gasteiger partial charge in [0.25, 0.3) is 0 Å². The molecule has 1 aromatic carbocycles. The summed E-state index contributed by atoms with van der Waals surface area (Å²) in [5.41, 5.74) is 2.42. The minimum atomic E-state index is -0.267. The van der Waals surface area contributed by atoms with Gasteiger partial charge < -0.3 is 4.52 Å². The van der Waals surface area contributed by atoms with E-state index in [0.29, 0.717) is 23.8 Å². The maximum Gasteiger partial charge on any atom is 0.231 e. The van der Waals surface area contributed by atoms with Crippen LogP contribution in [0.1, 0.15) is 11.5 Å². The Labute approximate surface area is 124 Å². The summed E-state index contributed by atoms with van der Waals surface area (Å²) in [6.45, 7) is 0. The number of halogens is 1. The summed E-state index contributed by atoms with van der Waals surface area (Å²) < 4.78 is 19.9. The quantitative estimate of drug-likeness (QED) is 0.581. The Morgan fingerprint density at radius 3 is 2.86 bits per heavy atom. The van der Waals surface area contributed by atoms with Gasteiger partial charge in [0, 0.05) is 11.8 Å². The zero-order chi connectivity index (χ0) is 14.9. The molecule has 0 N–H and O–H groups in total. The van der Waals surface area contributed by atoms with Crippen LogP contribution in [0.2, 0.25) is 0 Å². The van der Waals surface area contributed by atoms with Crippen LogP contribution in [0.3, 0.4) is 0 Å². The number of rotatable bonds is 3. The molecule has 0 spiro atoms. The minimum absolute atomic E-state index is 0.267. The third-order valence-corrected chi connectivity index (χ3v) is 3.29. The molecule has 7 heteroatoms. The van der Waals surface area contributed by atoms with Gasteiger partial charge in [-0.25, -0.2) is 4.39 Å². The van der Waals surface area contributed by atoms with E-state index in [9.17, 15) is 4.39 Å². The molecule has 6 nitrogen and oxygen atoms in total. The maximum absolute atomic E-state index is 12.9. The Kier molecular flexibility index (Phi) is 2.89. The summed E-state index contributed by atoms with van der Waals surface area (Å²) in [5.74, 6) is 0.696. The van der Waals surface area contributed by atoms with Gasteiger partial charge in [-0.3, -0.25) is 4.40 Å². The summed E-state index contributed by atoms with van der Waals surface area (Å²) in [6.07, 6.45) is 3.91. The van der Waals surface area contributed by atoms with Crippen molar-refractivity contribution in [2.45, 2.75) is 6.42 Å². The van der Waals surface area contributed by atoms with Gasteiger partial charge in [0.1, 0.15) is 12.1 Å². The molecule has 0 fully saturated rings. The largest absolute Gasteiger partial charge is 0.339 e. The molecule has 0 radical (unpaired) electrons. The second kappa shape index (κ2) is 5.03. The molecule has 0 amide bonds. The van der Waals surface area contributed by atoms with Crippen molar-refractivity contribution >= 4 is 5.65 Å². The Bertz CT molecular complexity index is 928. The van der Waals surface area contributed by atoms with E-state index in [1.807, 2.05) is 18.3 Å². The summed E-state index contributed by atoms with van der Waals surface area (Å²) in [5, 5.41) is 11.8. The van der Waals surface area contributed by atoms with Gasteiger partial charge in [-0.1, -0.05) is 17.3 Å². The van der Waals surface area contributed by atoms with Crippen molar-refractivity contribution in [3.63, 3.8) is 0 Å². The van der Waals surface area contributed by atoms with Crippen LogP contribution < -0.4 is 0 Å². The van der Waals surface area contributed by atoms with Crippen LogP contribution in [0.4, 0.5) is 4.39 Å². The van der Waals surface area contributed by atoms with E-state index < -0.39 is 0 Å². The SMILES string of the molecule is Fc1ccc(Cc2nc(-c3ccn4cnnc4c3)no2)cc1. The van der Waals surface area contributed by atoms with Gasteiger partial charge in [-0.05, 0) is 29.8 Å². The van der Waals surface area contributed by atoms with Gasteiger partial charge in [0.15, 0.2) is 5.65 Å². The number of nitrogens with zero attached hydrogens (tertiary/aromatic N) is 5. The predicted octanol–water partition coefficient (Wildman–Crippen LogP) is 2.51. The van der Waals surface area contributed by atoms with Crippen LogP contribution in [-0.4, -0.2) is 24.7 Å². The van der Waals surface area contributed by atoms with Crippen molar-refractivity contribution in [3.05, 3.63) is 66.2 Å². The average Bonchev–Trinajstić information content (AvgIpc) is 3.17. The second-order valence-electron chi connectivity index (χ2n) is 4.83. The topological polar surface area (TPSA) is 69.1 Å². The number of hydrogen-bond acceptors (Lipinski definition) is 5. The molecule has 108 valence electrons. The minimum Gasteiger partial charge on any atom is -0.339 e. The molecular weight excluding hydrogens is 285 g/mol. The van der Waals surface area contributed by atoms with Crippen molar-refractivity contribution in [2.75, 3.05) is 0 Å². The zero-order valence-electron chi connectivity index (χ0n) is 11.3. The molecule has 22 heavy (non-hydrogen) atoms. The van der Waals surface area contributed by atoms with Crippen molar-refractivity contribution in [1.82, 2.24) is 24.7 Å². The average molecular weight is 295 g/mol. The molecule has 0 unspecified atom stereocenters. The molecule has 3 aromatic heterocycles. The fourth-order valence-corrected chi connectivity index (χ4v) is 2.18. The van der Waals surface area contributed by atoms with E-state index in [4.69, 9.17) is 4.52 Å². The van der Waals surface area contributed by atoms with E-state index in [2.05, 4.69) is 20.3 Å². The highest BCUT2D eigenvalue weighted by molar-refractivity contribution is 5.60. The van der Waals surface area contributed by atoms with E-state index in [1.165, 1.54) is 12.1 Å². The van der Waals surface area contributed by atoms with Crippen molar-refractivity contribution in [3.8, 4) is 11.4 Å². The first-order chi connectivity index (χ1) is 10.8. The molecule has 4 rings (SSSR count). The number of hydrogen-bond donors (Lipinski definition) is 0. The number of pyridine rings is 1.